The maximum Gasteiger partial charge on any atom is 0.270 e. The molecule has 0 aliphatic rings. The number of nitrogens with zero attached hydrogens (tertiary/aromatic N) is 1. The van der Waals surface area contributed by atoms with Crippen molar-refractivity contribution in [1.29, 1.82) is 0 Å². The van der Waals surface area contributed by atoms with Crippen molar-refractivity contribution in [2.75, 3.05) is 4.72 Å². The molecular formula is C18H14N2O5S. The zero-order chi connectivity index (χ0) is 18.6. The lowest BCUT2D eigenvalue weighted by Crippen LogP contribution is -2.13. The third kappa shape index (κ3) is 3.98. The third-order valence-electron chi connectivity index (χ3n) is 3.44. The molecule has 132 valence electrons. The number of non-ortho nitro benzene ring substituents is 1. The Kier molecular flexibility index (Phi) is 4.85. The van der Waals surface area contributed by atoms with Gasteiger partial charge in [-0.3, -0.25) is 14.8 Å². The fraction of sp³-hybridized carbons (Fsp3) is 0. The first kappa shape index (κ1) is 17.4. The number of rotatable bonds is 6. The van der Waals surface area contributed by atoms with Crippen molar-refractivity contribution < 1.29 is 18.1 Å². The number of ether oxygens (including phenoxy) is 1. The molecular weight excluding hydrogens is 356 g/mol. The van der Waals surface area contributed by atoms with Crippen LogP contribution in [0.2, 0.25) is 0 Å². The number of nitro groups is 1. The van der Waals surface area contributed by atoms with Gasteiger partial charge in [0.15, 0.2) is 5.75 Å². The number of benzene rings is 3. The predicted molar refractivity (Wildman–Crippen MR) is 96.9 cm³/mol. The monoisotopic (exact) mass is 370 g/mol. The Morgan fingerprint density at radius 2 is 1.58 bits per heavy atom. The molecule has 0 heterocycles. The Morgan fingerprint density at radius 3 is 2.31 bits per heavy atom. The molecule has 0 spiro atoms. The minimum atomic E-state index is -4.02. The van der Waals surface area contributed by atoms with E-state index < -0.39 is 14.9 Å². The quantitative estimate of drug-likeness (QED) is 0.518. The molecule has 0 bridgehead atoms. The molecule has 3 rings (SSSR count). The van der Waals surface area contributed by atoms with Gasteiger partial charge in [-0.05, 0) is 30.3 Å². The van der Waals surface area contributed by atoms with E-state index >= 15 is 0 Å². The maximum atomic E-state index is 12.6. The van der Waals surface area contributed by atoms with Crippen LogP contribution in [-0.2, 0) is 10.0 Å². The van der Waals surface area contributed by atoms with Gasteiger partial charge in [0.05, 0.1) is 15.5 Å². The van der Waals surface area contributed by atoms with Crippen LogP contribution in [0.25, 0.3) is 0 Å². The maximum absolute atomic E-state index is 12.6. The first-order valence-corrected chi connectivity index (χ1v) is 9.03. The predicted octanol–water partition coefficient (Wildman–Crippen LogP) is 4.19. The molecule has 0 unspecified atom stereocenters. The van der Waals surface area contributed by atoms with Crippen LogP contribution in [0.5, 0.6) is 11.5 Å². The van der Waals surface area contributed by atoms with Crippen LogP contribution >= 0.6 is 0 Å². The molecule has 0 saturated heterocycles. The summed E-state index contributed by atoms with van der Waals surface area (Å²) >= 11 is 0. The number of para-hydroxylation sites is 3. The molecule has 0 aliphatic carbocycles. The normalized spacial score (nSPS) is 10.9. The largest absolute Gasteiger partial charge is 0.455 e. The topological polar surface area (TPSA) is 98.5 Å². The van der Waals surface area contributed by atoms with Crippen LogP contribution in [0.15, 0.2) is 83.8 Å². The van der Waals surface area contributed by atoms with Crippen LogP contribution in [0.4, 0.5) is 11.4 Å². The van der Waals surface area contributed by atoms with Gasteiger partial charge in [-0.1, -0.05) is 36.4 Å². The number of sulfonamides is 1. The number of anilines is 1. The first-order chi connectivity index (χ1) is 12.5. The lowest BCUT2D eigenvalue weighted by atomic mass is 10.3. The summed E-state index contributed by atoms with van der Waals surface area (Å²) in [5.74, 6) is 0.863. The van der Waals surface area contributed by atoms with Crippen LogP contribution in [0.1, 0.15) is 0 Å². The van der Waals surface area contributed by atoms with Crippen LogP contribution in [0, 0.1) is 10.1 Å². The minimum absolute atomic E-state index is 0.207. The molecule has 1 N–H and O–H groups in total. The molecule has 0 saturated carbocycles. The molecule has 26 heavy (non-hydrogen) atoms. The Labute approximate surface area is 150 Å². The SMILES string of the molecule is O=[N+]([O-])c1cccc(S(=O)(=O)Nc2ccccc2Oc2ccccc2)c1. The fourth-order valence-corrected chi connectivity index (χ4v) is 3.33. The smallest absolute Gasteiger partial charge is 0.270 e. The minimum Gasteiger partial charge on any atom is -0.455 e. The average molecular weight is 370 g/mol. The van der Waals surface area contributed by atoms with Crippen molar-refractivity contribution in [2.45, 2.75) is 4.90 Å². The summed E-state index contributed by atoms with van der Waals surface area (Å²) in [7, 11) is -4.02. The van der Waals surface area contributed by atoms with Crippen molar-refractivity contribution in [2.24, 2.45) is 0 Å². The highest BCUT2D eigenvalue weighted by Gasteiger charge is 2.19. The first-order valence-electron chi connectivity index (χ1n) is 7.55. The fourth-order valence-electron chi connectivity index (χ4n) is 2.22. The molecule has 0 atom stereocenters. The molecule has 3 aromatic carbocycles. The van der Waals surface area contributed by atoms with Crippen molar-refractivity contribution in [1.82, 2.24) is 0 Å². The molecule has 0 aromatic heterocycles. The van der Waals surface area contributed by atoms with E-state index in [0.717, 1.165) is 6.07 Å². The van der Waals surface area contributed by atoms with Crippen LogP contribution in [-0.4, -0.2) is 13.3 Å². The Bertz CT molecular complexity index is 1040. The third-order valence-corrected chi connectivity index (χ3v) is 4.80. The summed E-state index contributed by atoms with van der Waals surface area (Å²) in [5, 5.41) is 10.9. The second kappa shape index (κ2) is 7.24. The van der Waals surface area contributed by atoms with Crippen LogP contribution in [0.3, 0.4) is 0 Å². The van der Waals surface area contributed by atoms with Crippen molar-refractivity contribution in [3.8, 4) is 11.5 Å². The summed E-state index contributed by atoms with van der Waals surface area (Å²) < 4.78 is 33.3. The van der Waals surface area contributed by atoms with Crippen molar-refractivity contribution in [3.63, 3.8) is 0 Å². The van der Waals surface area contributed by atoms with Gasteiger partial charge >= 0.3 is 0 Å². The van der Waals surface area contributed by atoms with Gasteiger partial charge in [0.1, 0.15) is 5.75 Å². The lowest BCUT2D eigenvalue weighted by Gasteiger charge is -2.13. The van der Waals surface area contributed by atoms with Gasteiger partial charge in [0, 0.05) is 12.1 Å². The lowest BCUT2D eigenvalue weighted by molar-refractivity contribution is -0.385. The van der Waals surface area contributed by atoms with Crippen molar-refractivity contribution in [3.05, 3.63) is 89.0 Å². The van der Waals surface area contributed by atoms with E-state index in [0.29, 0.717) is 11.5 Å². The number of hydrogen-bond donors (Lipinski definition) is 1. The van der Waals surface area contributed by atoms with E-state index in [4.69, 9.17) is 4.74 Å². The van der Waals surface area contributed by atoms with Crippen LogP contribution < -0.4 is 9.46 Å². The van der Waals surface area contributed by atoms with E-state index in [9.17, 15) is 18.5 Å². The van der Waals surface area contributed by atoms with Gasteiger partial charge in [0.2, 0.25) is 0 Å². The summed E-state index contributed by atoms with van der Waals surface area (Å²) in [6.07, 6.45) is 0. The Morgan fingerprint density at radius 1 is 0.885 bits per heavy atom. The Balaban J connectivity index is 1.91. The van der Waals surface area contributed by atoms with E-state index in [1.165, 1.54) is 18.2 Å². The summed E-state index contributed by atoms with van der Waals surface area (Å²) in [4.78, 5) is 10.0. The second-order valence-electron chi connectivity index (χ2n) is 5.27. The van der Waals surface area contributed by atoms with Gasteiger partial charge in [-0.2, -0.15) is 0 Å². The van der Waals surface area contributed by atoms with Gasteiger partial charge in [-0.25, -0.2) is 8.42 Å². The summed E-state index contributed by atoms with van der Waals surface area (Å²) in [6.45, 7) is 0. The van der Waals surface area contributed by atoms with E-state index in [-0.39, 0.29) is 16.3 Å². The molecule has 0 fully saturated rings. The Hall–Kier alpha value is -3.39. The highest BCUT2D eigenvalue weighted by Crippen LogP contribution is 2.31. The highest BCUT2D eigenvalue weighted by atomic mass is 32.2. The van der Waals surface area contributed by atoms with Gasteiger partial charge in [0.25, 0.3) is 15.7 Å². The van der Waals surface area contributed by atoms with Crippen molar-refractivity contribution >= 4 is 21.4 Å². The summed E-state index contributed by atoms with van der Waals surface area (Å²) in [6, 6.07) is 20.3. The molecule has 8 heteroatoms. The average Bonchev–Trinajstić information content (AvgIpc) is 2.64. The molecule has 0 radical (unpaired) electrons. The molecule has 3 aromatic rings. The second-order valence-corrected chi connectivity index (χ2v) is 6.95. The number of nitro benzene ring substituents is 1. The molecule has 7 nitrogen and oxygen atoms in total. The van der Waals surface area contributed by atoms with Gasteiger partial charge in [-0.15, -0.1) is 0 Å². The zero-order valence-corrected chi connectivity index (χ0v) is 14.2. The summed E-state index contributed by atoms with van der Waals surface area (Å²) in [5.41, 5.74) is -0.0791. The van der Waals surface area contributed by atoms with E-state index in [1.54, 1.807) is 48.5 Å². The van der Waals surface area contributed by atoms with Gasteiger partial charge < -0.3 is 4.74 Å². The molecule has 0 aliphatic heterocycles. The zero-order valence-electron chi connectivity index (χ0n) is 13.4. The molecule has 0 amide bonds. The highest BCUT2D eigenvalue weighted by molar-refractivity contribution is 7.92. The van der Waals surface area contributed by atoms with E-state index in [1.807, 2.05) is 6.07 Å². The standard InChI is InChI=1S/C18H14N2O5S/c21-20(22)14-7-6-10-16(13-14)26(23,24)19-17-11-4-5-12-18(17)25-15-8-2-1-3-9-15/h1-13,19H. The van der Waals surface area contributed by atoms with E-state index in [2.05, 4.69) is 4.72 Å². The number of hydrogen-bond acceptors (Lipinski definition) is 5. The number of nitrogens with one attached hydrogen (secondary N) is 1.